The molecule has 3 aromatic rings. The van der Waals surface area contributed by atoms with Gasteiger partial charge in [0.1, 0.15) is 5.75 Å². The van der Waals surface area contributed by atoms with Crippen molar-refractivity contribution in [1.82, 2.24) is 4.72 Å². The summed E-state index contributed by atoms with van der Waals surface area (Å²) in [4.78, 5) is 0.256. The van der Waals surface area contributed by atoms with E-state index < -0.39 is 10.0 Å². The normalized spacial score (nSPS) is 11.5. The predicted molar refractivity (Wildman–Crippen MR) is 91.0 cm³/mol. The summed E-state index contributed by atoms with van der Waals surface area (Å²) < 4.78 is 32.7. The summed E-state index contributed by atoms with van der Waals surface area (Å²) in [6.45, 7) is 0.268. The minimum absolute atomic E-state index is 0.256. The van der Waals surface area contributed by atoms with Crippen LogP contribution < -0.4 is 9.46 Å². The molecule has 0 atom stereocenters. The van der Waals surface area contributed by atoms with Gasteiger partial charge in [0, 0.05) is 6.54 Å². The van der Waals surface area contributed by atoms with E-state index in [1.807, 2.05) is 48.5 Å². The average Bonchev–Trinajstić information content (AvgIpc) is 2.60. The van der Waals surface area contributed by atoms with Crippen molar-refractivity contribution >= 4 is 20.8 Å². The molecule has 0 aliphatic carbocycles. The van der Waals surface area contributed by atoms with Crippen molar-refractivity contribution in [3.63, 3.8) is 0 Å². The zero-order chi connectivity index (χ0) is 16.3. The van der Waals surface area contributed by atoms with Crippen LogP contribution in [-0.4, -0.2) is 15.5 Å². The van der Waals surface area contributed by atoms with E-state index in [-0.39, 0.29) is 11.4 Å². The average molecular weight is 327 g/mol. The Morgan fingerprint density at radius 3 is 2.35 bits per heavy atom. The molecule has 0 aliphatic heterocycles. The maximum absolute atomic E-state index is 12.4. The third-order valence-corrected chi connectivity index (χ3v) is 5.04. The summed E-state index contributed by atoms with van der Waals surface area (Å²) in [6, 6.07) is 20.0. The number of benzene rings is 3. The summed E-state index contributed by atoms with van der Waals surface area (Å²) in [6.07, 6.45) is 0. The Bertz CT molecular complexity index is 921. The maximum Gasteiger partial charge on any atom is 0.240 e. The molecule has 0 heterocycles. The Morgan fingerprint density at radius 2 is 1.61 bits per heavy atom. The van der Waals surface area contributed by atoms with Gasteiger partial charge in [0.2, 0.25) is 10.0 Å². The Kier molecular flexibility index (Phi) is 4.32. The van der Waals surface area contributed by atoms with Crippen molar-refractivity contribution in [3.05, 3.63) is 72.3 Å². The van der Waals surface area contributed by atoms with Gasteiger partial charge in [-0.25, -0.2) is 13.1 Å². The first-order valence-corrected chi connectivity index (χ1v) is 8.68. The van der Waals surface area contributed by atoms with E-state index in [9.17, 15) is 8.42 Å². The lowest BCUT2D eigenvalue weighted by Gasteiger charge is -2.08. The molecule has 0 saturated carbocycles. The number of sulfonamides is 1. The van der Waals surface area contributed by atoms with Crippen molar-refractivity contribution in [1.29, 1.82) is 0 Å². The smallest absolute Gasteiger partial charge is 0.240 e. The standard InChI is InChI=1S/C18H17NO3S/c1-22-17-9-7-16-12-18(10-8-15(16)11-17)23(20,21)19-13-14-5-3-2-4-6-14/h2-12,19H,13H2,1H3. The number of nitrogens with one attached hydrogen (secondary N) is 1. The van der Waals surface area contributed by atoms with Crippen LogP contribution in [0.5, 0.6) is 5.75 Å². The second-order valence-corrected chi connectivity index (χ2v) is 6.95. The maximum atomic E-state index is 12.4. The van der Waals surface area contributed by atoms with Crippen molar-refractivity contribution in [2.45, 2.75) is 11.4 Å². The Morgan fingerprint density at radius 1 is 0.913 bits per heavy atom. The van der Waals surface area contributed by atoms with Crippen molar-refractivity contribution in [3.8, 4) is 5.75 Å². The van der Waals surface area contributed by atoms with Gasteiger partial charge in [-0.1, -0.05) is 42.5 Å². The molecule has 3 aromatic carbocycles. The van der Waals surface area contributed by atoms with Gasteiger partial charge in [-0.2, -0.15) is 0 Å². The first-order chi connectivity index (χ1) is 11.1. The number of methoxy groups -OCH3 is 1. The van der Waals surface area contributed by atoms with E-state index in [0.717, 1.165) is 22.1 Å². The van der Waals surface area contributed by atoms with Gasteiger partial charge in [0.05, 0.1) is 12.0 Å². The van der Waals surface area contributed by atoms with E-state index in [0.29, 0.717) is 0 Å². The topological polar surface area (TPSA) is 55.4 Å². The molecule has 23 heavy (non-hydrogen) atoms. The van der Waals surface area contributed by atoms with Gasteiger partial charge >= 0.3 is 0 Å². The third-order valence-electron chi connectivity index (χ3n) is 3.64. The molecule has 4 nitrogen and oxygen atoms in total. The van der Waals surface area contributed by atoms with Gasteiger partial charge in [-0.15, -0.1) is 0 Å². The van der Waals surface area contributed by atoms with Crippen LogP contribution in [0.2, 0.25) is 0 Å². The lowest BCUT2D eigenvalue weighted by Crippen LogP contribution is -2.23. The van der Waals surface area contributed by atoms with Gasteiger partial charge in [0.25, 0.3) is 0 Å². The summed E-state index contributed by atoms with van der Waals surface area (Å²) in [5.74, 6) is 0.746. The second kappa shape index (κ2) is 6.40. The van der Waals surface area contributed by atoms with Crippen LogP contribution in [0.3, 0.4) is 0 Å². The molecule has 0 aliphatic rings. The second-order valence-electron chi connectivity index (χ2n) is 5.19. The molecule has 1 N–H and O–H groups in total. The molecule has 0 amide bonds. The van der Waals surface area contributed by atoms with Crippen LogP contribution in [-0.2, 0) is 16.6 Å². The molecule has 0 unspecified atom stereocenters. The molecule has 3 rings (SSSR count). The van der Waals surface area contributed by atoms with E-state index in [1.165, 1.54) is 0 Å². The summed E-state index contributed by atoms with van der Waals surface area (Å²) in [5, 5.41) is 1.79. The van der Waals surface area contributed by atoms with Crippen molar-refractivity contribution in [2.75, 3.05) is 7.11 Å². The molecule has 118 valence electrons. The minimum Gasteiger partial charge on any atom is -0.497 e. The van der Waals surface area contributed by atoms with E-state index >= 15 is 0 Å². The Labute approximate surface area is 135 Å². The summed E-state index contributed by atoms with van der Waals surface area (Å²) in [5.41, 5.74) is 0.918. The van der Waals surface area contributed by atoms with Crippen LogP contribution in [0.4, 0.5) is 0 Å². The first kappa shape index (κ1) is 15.5. The number of rotatable bonds is 5. The van der Waals surface area contributed by atoms with E-state index in [2.05, 4.69) is 4.72 Å². The van der Waals surface area contributed by atoms with E-state index in [4.69, 9.17) is 4.74 Å². The van der Waals surface area contributed by atoms with Gasteiger partial charge in [-0.05, 0) is 40.6 Å². The number of hydrogen-bond acceptors (Lipinski definition) is 3. The molecule has 0 spiro atoms. The van der Waals surface area contributed by atoms with Crippen molar-refractivity contribution in [2.24, 2.45) is 0 Å². The molecular formula is C18H17NO3S. The highest BCUT2D eigenvalue weighted by molar-refractivity contribution is 7.89. The molecule has 5 heteroatoms. The minimum atomic E-state index is -3.55. The zero-order valence-corrected chi connectivity index (χ0v) is 13.5. The summed E-state index contributed by atoms with van der Waals surface area (Å²) >= 11 is 0. The highest BCUT2D eigenvalue weighted by Crippen LogP contribution is 2.23. The molecule has 0 saturated heterocycles. The molecular weight excluding hydrogens is 310 g/mol. The largest absolute Gasteiger partial charge is 0.497 e. The number of ether oxygens (including phenoxy) is 1. The zero-order valence-electron chi connectivity index (χ0n) is 12.7. The summed E-state index contributed by atoms with van der Waals surface area (Å²) in [7, 11) is -1.94. The Hall–Kier alpha value is -2.37. The predicted octanol–water partition coefficient (Wildman–Crippen LogP) is 3.33. The fourth-order valence-corrected chi connectivity index (χ4v) is 3.41. The number of hydrogen-bond donors (Lipinski definition) is 1. The molecule has 0 aromatic heterocycles. The van der Waals surface area contributed by atoms with Crippen LogP contribution in [0.25, 0.3) is 10.8 Å². The van der Waals surface area contributed by atoms with Gasteiger partial charge in [-0.3, -0.25) is 0 Å². The molecule has 0 radical (unpaired) electrons. The van der Waals surface area contributed by atoms with E-state index in [1.54, 1.807) is 25.3 Å². The number of fused-ring (bicyclic) bond motifs is 1. The quantitative estimate of drug-likeness (QED) is 0.782. The van der Waals surface area contributed by atoms with Crippen LogP contribution in [0.15, 0.2) is 71.6 Å². The van der Waals surface area contributed by atoms with Crippen LogP contribution >= 0.6 is 0 Å². The van der Waals surface area contributed by atoms with Gasteiger partial charge < -0.3 is 4.74 Å². The van der Waals surface area contributed by atoms with Crippen LogP contribution in [0.1, 0.15) is 5.56 Å². The fourth-order valence-electron chi connectivity index (χ4n) is 2.35. The van der Waals surface area contributed by atoms with Gasteiger partial charge in [0.15, 0.2) is 0 Å². The fraction of sp³-hybridized carbons (Fsp3) is 0.111. The Balaban J connectivity index is 1.86. The molecule has 0 bridgehead atoms. The highest BCUT2D eigenvalue weighted by Gasteiger charge is 2.14. The monoisotopic (exact) mass is 327 g/mol. The highest BCUT2D eigenvalue weighted by atomic mass is 32.2. The lowest BCUT2D eigenvalue weighted by atomic mass is 10.1. The van der Waals surface area contributed by atoms with Crippen LogP contribution in [0, 0.1) is 0 Å². The lowest BCUT2D eigenvalue weighted by molar-refractivity contribution is 0.415. The SMILES string of the molecule is COc1ccc2cc(S(=O)(=O)NCc3ccccc3)ccc2c1. The molecule has 0 fully saturated rings. The third kappa shape index (κ3) is 3.52. The van der Waals surface area contributed by atoms with Crippen molar-refractivity contribution < 1.29 is 13.2 Å². The first-order valence-electron chi connectivity index (χ1n) is 7.20.